The maximum atomic E-state index is 12.3. The molecule has 0 bridgehead atoms. The standard InChI is InChI=1S/C17H18BrN3O3/c1-2-19-17(23)24-14(12-6-4-3-5-7-12)10-16(22)21-13-8-9-15(18)20-11-13/h3-9,11,14H,2,10H2,1H3,(H,19,23)(H,21,22). The zero-order valence-corrected chi connectivity index (χ0v) is 14.7. The molecule has 0 fully saturated rings. The van der Waals surface area contributed by atoms with Gasteiger partial charge in [0.15, 0.2) is 0 Å². The van der Waals surface area contributed by atoms with Crippen molar-refractivity contribution in [3.05, 3.63) is 58.8 Å². The number of carbonyl (C=O) groups excluding carboxylic acids is 2. The Morgan fingerprint density at radius 1 is 1.21 bits per heavy atom. The van der Waals surface area contributed by atoms with E-state index < -0.39 is 12.2 Å². The number of aromatic nitrogens is 1. The molecule has 126 valence electrons. The molecule has 0 radical (unpaired) electrons. The summed E-state index contributed by atoms with van der Waals surface area (Å²) in [5.41, 5.74) is 1.33. The van der Waals surface area contributed by atoms with Crippen molar-refractivity contribution in [1.29, 1.82) is 0 Å². The summed E-state index contributed by atoms with van der Waals surface area (Å²) >= 11 is 3.24. The third kappa shape index (κ3) is 5.66. The zero-order chi connectivity index (χ0) is 17.4. The van der Waals surface area contributed by atoms with Crippen LogP contribution in [0.5, 0.6) is 0 Å². The van der Waals surface area contributed by atoms with E-state index in [0.717, 1.165) is 5.56 Å². The van der Waals surface area contributed by atoms with Crippen LogP contribution in [0.25, 0.3) is 0 Å². The van der Waals surface area contributed by atoms with Gasteiger partial charge >= 0.3 is 6.09 Å². The first-order chi connectivity index (χ1) is 11.6. The van der Waals surface area contributed by atoms with Crippen molar-refractivity contribution in [3.8, 4) is 0 Å². The van der Waals surface area contributed by atoms with Crippen molar-refractivity contribution in [2.75, 3.05) is 11.9 Å². The minimum atomic E-state index is -0.666. The average Bonchev–Trinajstić information content (AvgIpc) is 2.57. The Bertz CT molecular complexity index is 677. The highest BCUT2D eigenvalue weighted by Crippen LogP contribution is 2.22. The summed E-state index contributed by atoms with van der Waals surface area (Å²) in [7, 11) is 0. The molecule has 2 aromatic rings. The van der Waals surface area contributed by atoms with Gasteiger partial charge in [0.05, 0.1) is 18.3 Å². The summed E-state index contributed by atoms with van der Waals surface area (Å²) in [5.74, 6) is -0.266. The van der Waals surface area contributed by atoms with Gasteiger partial charge in [-0.15, -0.1) is 0 Å². The quantitative estimate of drug-likeness (QED) is 0.736. The number of hydrogen-bond acceptors (Lipinski definition) is 4. The Balaban J connectivity index is 2.05. The van der Waals surface area contributed by atoms with Gasteiger partial charge in [-0.1, -0.05) is 30.3 Å². The molecular weight excluding hydrogens is 374 g/mol. The molecular formula is C17H18BrN3O3. The van der Waals surface area contributed by atoms with Crippen LogP contribution in [-0.4, -0.2) is 23.5 Å². The van der Waals surface area contributed by atoms with Crippen LogP contribution in [0.4, 0.5) is 10.5 Å². The molecule has 2 amide bonds. The Morgan fingerprint density at radius 2 is 1.96 bits per heavy atom. The summed E-state index contributed by atoms with van der Waals surface area (Å²) < 4.78 is 6.05. The van der Waals surface area contributed by atoms with E-state index >= 15 is 0 Å². The number of rotatable bonds is 6. The first-order valence-electron chi connectivity index (χ1n) is 7.49. The summed E-state index contributed by atoms with van der Waals surface area (Å²) in [4.78, 5) is 28.0. The second kappa shape index (κ2) is 9.02. The molecule has 0 saturated heterocycles. The molecule has 0 aliphatic carbocycles. The van der Waals surface area contributed by atoms with Crippen molar-refractivity contribution < 1.29 is 14.3 Å². The van der Waals surface area contributed by atoms with E-state index in [-0.39, 0.29) is 12.3 Å². The second-order valence-corrected chi connectivity index (χ2v) is 5.77. The molecule has 1 atom stereocenters. The van der Waals surface area contributed by atoms with Gasteiger partial charge in [-0.25, -0.2) is 9.78 Å². The number of ether oxygens (including phenoxy) is 1. The molecule has 0 aliphatic heterocycles. The molecule has 1 heterocycles. The summed E-state index contributed by atoms with van der Waals surface area (Å²) in [6.45, 7) is 2.25. The molecule has 1 aromatic carbocycles. The second-order valence-electron chi connectivity index (χ2n) is 4.96. The topological polar surface area (TPSA) is 80.3 Å². The van der Waals surface area contributed by atoms with Gasteiger partial charge in [0.25, 0.3) is 0 Å². The number of benzene rings is 1. The highest BCUT2D eigenvalue weighted by Gasteiger charge is 2.20. The zero-order valence-electron chi connectivity index (χ0n) is 13.2. The first kappa shape index (κ1) is 17.9. The van der Waals surface area contributed by atoms with Gasteiger partial charge in [-0.2, -0.15) is 0 Å². The van der Waals surface area contributed by atoms with Crippen molar-refractivity contribution in [2.45, 2.75) is 19.4 Å². The molecule has 0 aliphatic rings. The number of carbonyl (C=O) groups is 2. The third-order valence-electron chi connectivity index (χ3n) is 3.12. The fourth-order valence-corrected chi connectivity index (χ4v) is 2.28. The molecule has 2 rings (SSSR count). The van der Waals surface area contributed by atoms with Crippen LogP contribution < -0.4 is 10.6 Å². The Kier molecular flexibility index (Phi) is 6.74. The van der Waals surface area contributed by atoms with Crippen LogP contribution in [0.2, 0.25) is 0 Å². The molecule has 7 heteroatoms. The van der Waals surface area contributed by atoms with Gasteiger partial charge in [0.2, 0.25) is 5.91 Å². The Morgan fingerprint density at radius 3 is 2.58 bits per heavy atom. The summed E-state index contributed by atoms with van der Waals surface area (Å²) in [5, 5.41) is 5.31. The predicted octanol–water partition coefficient (Wildman–Crippen LogP) is 3.66. The molecule has 0 spiro atoms. The fraction of sp³-hybridized carbons (Fsp3) is 0.235. The lowest BCUT2D eigenvalue weighted by molar-refractivity contribution is -0.118. The van der Waals surface area contributed by atoms with Gasteiger partial charge < -0.3 is 15.4 Å². The first-order valence-corrected chi connectivity index (χ1v) is 8.28. The van der Waals surface area contributed by atoms with E-state index in [4.69, 9.17) is 4.74 Å². The van der Waals surface area contributed by atoms with Crippen LogP contribution in [0.3, 0.4) is 0 Å². The minimum Gasteiger partial charge on any atom is -0.441 e. The number of nitrogens with one attached hydrogen (secondary N) is 2. The van der Waals surface area contributed by atoms with Crippen molar-refractivity contribution in [2.24, 2.45) is 0 Å². The maximum absolute atomic E-state index is 12.3. The van der Waals surface area contributed by atoms with E-state index in [0.29, 0.717) is 16.8 Å². The number of hydrogen-bond donors (Lipinski definition) is 2. The lowest BCUT2D eigenvalue weighted by Crippen LogP contribution is -2.27. The minimum absolute atomic E-state index is 0.0111. The Hall–Kier alpha value is -2.41. The predicted molar refractivity (Wildman–Crippen MR) is 94.5 cm³/mol. The summed E-state index contributed by atoms with van der Waals surface area (Å²) in [6, 6.07) is 12.6. The highest BCUT2D eigenvalue weighted by atomic mass is 79.9. The Labute approximate surface area is 148 Å². The average molecular weight is 392 g/mol. The molecule has 1 unspecified atom stereocenters. The van der Waals surface area contributed by atoms with Gasteiger partial charge in [0, 0.05) is 6.54 Å². The normalized spacial score (nSPS) is 11.4. The molecule has 2 N–H and O–H groups in total. The lowest BCUT2D eigenvalue weighted by Gasteiger charge is -2.18. The van der Waals surface area contributed by atoms with Gasteiger partial charge in [0.1, 0.15) is 10.7 Å². The van der Waals surface area contributed by atoms with Crippen molar-refractivity contribution in [1.82, 2.24) is 10.3 Å². The monoisotopic (exact) mass is 391 g/mol. The number of amides is 2. The van der Waals surface area contributed by atoms with Crippen LogP contribution in [0.1, 0.15) is 25.0 Å². The number of halogens is 1. The van der Waals surface area contributed by atoms with Gasteiger partial charge in [-0.05, 0) is 40.5 Å². The van der Waals surface area contributed by atoms with Crippen LogP contribution in [-0.2, 0) is 9.53 Å². The van der Waals surface area contributed by atoms with Crippen LogP contribution in [0.15, 0.2) is 53.3 Å². The molecule has 1 aromatic heterocycles. The number of nitrogens with zero attached hydrogens (tertiary/aromatic N) is 1. The van der Waals surface area contributed by atoms with Crippen LogP contribution in [0, 0.1) is 0 Å². The van der Waals surface area contributed by atoms with E-state index in [2.05, 4.69) is 31.5 Å². The third-order valence-corrected chi connectivity index (χ3v) is 3.59. The number of alkyl carbamates (subject to hydrolysis) is 1. The fourth-order valence-electron chi connectivity index (χ4n) is 2.04. The van der Waals surface area contributed by atoms with E-state index in [1.807, 2.05) is 30.3 Å². The van der Waals surface area contributed by atoms with Crippen LogP contribution >= 0.6 is 15.9 Å². The summed E-state index contributed by atoms with van der Waals surface area (Å²) in [6.07, 6.45) is 0.340. The molecule has 0 saturated carbocycles. The maximum Gasteiger partial charge on any atom is 0.407 e. The SMILES string of the molecule is CCNC(=O)OC(CC(=O)Nc1ccc(Br)nc1)c1ccccc1. The van der Waals surface area contributed by atoms with Gasteiger partial charge in [-0.3, -0.25) is 4.79 Å². The largest absolute Gasteiger partial charge is 0.441 e. The van der Waals surface area contributed by atoms with E-state index in [9.17, 15) is 9.59 Å². The van der Waals surface area contributed by atoms with E-state index in [1.54, 1.807) is 25.3 Å². The molecule has 24 heavy (non-hydrogen) atoms. The van der Waals surface area contributed by atoms with Crippen molar-refractivity contribution >= 4 is 33.6 Å². The number of pyridine rings is 1. The van der Waals surface area contributed by atoms with E-state index in [1.165, 1.54) is 0 Å². The number of anilines is 1. The molecule has 6 nitrogen and oxygen atoms in total. The highest BCUT2D eigenvalue weighted by molar-refractivity contribution is 9.10. The lowest BCUT2D eigenvalue weighted by atomic mass is 10.1. The van der Waals surface area contributed by atoms with Crippen molar-refractivity contribution in [3.63, 3.8) is 0 Å². The smallest absolute Gasteiger partial charge is 0.407 e.